The molecule has 1 saturated heterocycles. The van der Waals surface area contributed by atoms with Crippen LogP contribution in [0, 0.1) is 5.92 Å². The van der Waals surface area contributed by atoms with E-state index in [0.717, 1.165) is 0 Å². The van der Waals surface area contributed by atoms with Crippen LogP contribution >= 0.6 is 0 Å². The fourth-order valence-corrected chi connectivity index (χ4v) is 3.74. The van der Waals surface area contributed by atoms with E-state index in [0.29, 0.717) is 26.3 Å². The number of hydrogen-bond donors (Lipinski definition) is 0. The fraction of sp³-hybridized carbons (Fsp3) is 0.333. The summed E-state index contributed by atoms with van der Waals surface area (Å²) >= 11 is 0. The van der Waals surface area contributed by atoms with Crippen molar-refractivity contribution >= 4 is 12.1 Å². The topological polar surface area (TPSA) is 55.8 Å². The number of carbonyl (C=O) groups is 2. The Morgan fingerprint density at radius 1 is 0.923 bits per heavy atom. The zero-order valence-corrected chi connectivity index (χ0v) is 14.7. The van der Waals surface area contributed by atoms with Crippen LogP contribution in [-0.2, 0) is 14.3 Å². The monoisotopic (exact) mass is 351 g/mol. The van der Waals surface area contributed by atoms with Crippen molar-refractivity contribution < 1.29 is 19.1 Å². The third kappa shape index (κ3) is 3.05. The Morgan fingerprint density at radius 3 is 2.08 bits per heavy atom. The van der Waals surface area contributed by atoms with Crippen LogP contribution in [0.1, 0.15) is 24.0 Å². The van der Waals surface area contributed by atoms with Gasteiger partial charge in [-0.25, -0.2) is 4.79 Å². The molecule has 0 bridgehead atoms. The molecule has 1 heterocycles. The fourth-order valence-electron chi connectivity index (χ4n) is 3.74. The second-order valence-electron chi connectivity index (χ2n) is 6.88. The highest BCUT2D eigenvalue weighted by Gasteiger charge is 2.34. The Hall–Kier alpha value is -2.82. The number of rotatable bonds is 4. The van der Waals surface area contributed by atoms with E-state index in [2.05, 4.69) is 24.3 Å². The van der Waals surface area contributed by atoms with Crippen LogP contribution in [0.2, 0.25) is 0 Å². The molecule has 2 aromatic carbocycles. The minimum atomic E-state index is -0.300. The third-order valence-corrected chi connectivity index (χ3v) is 5.07. The lowest BCUT2D eigenvalue weighted by atomic mass is 9.98. The number of ether oxygens (including phenoxy) is 2. The van der Waals surface area contributed by atoms with Gasteiger partial charge in [0.1, 0.15) is 6.61 Å². The molecule has 0 spiro atoms. The quantitative estimate of drug-likeness (QED) is 0.792. The van der Waals surface area contributed by atoms with Gasteiger partial charge in [0.25, 0.3) is 0 Å². The van der Waals surface area contributed by atoms with Crippen LogP contribution in [0.3, 0.4) is 0 Å². The molecule has 0 saturated carbocycles. The molecule has 134 valence electrons. The Balaban J connectivity index is 1.37. The Morgan fingerprint density at radius 2 is 1.50 bits per heavy atom. The Bertz CT molecular complexity index is 796. The summed E-state index contributed by atoms with van der Waals surface area (Å²) in [6.07, 6.45) is -0.300. The lowest BCUT2D eigenvalue weighted by Gasteiger charge is -2.37. The van der Waals surface area contributed by atoms with Crippen molar-refractivity contribution in [3.8, 4) is 11.1 Å². The van der Waals surface area contributed by atoms with Crippen molar-refractivity contribution in [3.63, 3.8) is 0 Å². The van der Waals surface area contributed by atoms with Crippen LogP contribution in [-0.4, -0.2) is 43.3 Å². The van der Waals surface area contributed by atoms with Gasteiger partial charge in [-0.05, 0) is 22.3 Å². The zero-order chi connectivity index (χ0) is 18.1. The van der Waals surface area contributed by atoms with Gasteiger partial charge in [0.2, 0.25) is 0 Å². The summed E-state index contributed by atoms with van der Waals surface area (Å²) in [5.41, 5.74) is 4.85. The summed E-state index contributed by atoms with van der Waals surface area (Å²) in [7, 11) is 0. The van der Waals surface area contributed by atoms with Gasteiger partial charge >= 0.3 is 12.1 Å². The minimum Gasteiger partial charge on any atom is -0.465 e. The van der Waals surface area contributed by atoms with Crippen LogP contribution in [0.25, 0.3) is 11.1 Å². The van der Waals surface area contributed by atoms with Gasteiger partial charge in [-0.3, -0.25) is 4.79 Å². The zero-order valence-electron chi connectivity index (χ0n) is 14.7. The molecule has 2 aromatic rings. The van der Waals surface area contributed by atoms with Crippen LogP contribution in [0.15, 0.2) is 48.5 Å². The van der Waals surface area contributed by atoms with Crippen molar-refractivity contribution in [2.75, 3.05) is 26.3 Å². The van der Waals surface area contributed by atoms with Crippen molar-refractivity contribution in [2.45, 2.75) is 12.8 Å². The van der Waals surface area contributed by atoms with Gasteiger partial charge in [-0.15, -0.1) is 0 Å². The normalized spacial score (nSPS) is 15.8. The lowest BCUT2D eigenvalue weighted by molar-refractivity contribution is -0.143. The first kappa shape index (κ1) is 16.6. The van der Waals surface area contributed by atoms with Crippen LogP contribution < -0.4 is 0 Å². The van der Waals surface area contributed by atoms with Crippen LogP contribution in [0.5, 0.6) is 0 Å². The van der Waals surface area contributed by atoms with E-state index >= 15 is 0 Å². The summed E-state index contributed by atoms with van der Waals surface area (Å²) in [5, 5.41) is 0. The van der Waals surface area contributed by atoms with Crippen molar-refractivity contribution in [1.82, 2.24) is 4.90 Å². The maximum absolute atomic E-state index is 12.3. The average molecular weight is 351 g/mol. The average Bonchev–Trinajstić information content (AvgIpc) is 2.92. The second-order valence-corrected chi connectivity index (χ2v) is 6.88. The summed E-state index contributed by atoms with van der Waals surface area (Å²) in [4.78, 5) is 24.8. The molecular formula is C21H21NO4. The number of amides is 1. The highest BCUT2D eigenvalue weighted by molar-refractivity contribution is 5.79. The number of nitrogens with zero attached hydrogens (tertiary/aromatic N) is 1. The summed E-state index contributed by atoms with van der Waals surface area (Å²) in [6, 6.07) is 16.6. The van der Waals surface area contributed by atoms with E-state index in [1.54, 1.807) is 4.90 Å². The molecule has 5 nitrogen and oxygen atoms in total. The Labute approximate surface area is 152 Å². The smallest absolute Gasteiger partial charge is 0.409 e. The first-order valence-corrected chi connectivity index (χ1v) is 8.86. The summed E-state index contributed by atoms with van der Waals surface area (Å²) in [5.74, 6) is -0.00607. The van der Waals surface area contributed by atoms with Gasteiger partial charge in [-0.2, -0.15) is 0 Å². The van der Waals surface area contributed by atoms with Gasteiger partial charge in [0.05, 0.1) is 6.61 Å². The molecule has 1 fully saturated rings. The molecule has 1 aliphatic carbocycles. The maximum Gasteiger partial charge on any atom is 0.409 e. The van der Waals surface area contributed by atoms with E-state index in [1.807, 2.05) is 24.3 Å². The molecule has 2 aliphatic rings. The first-order valence-electron chi connectivity index (χ1n) is 8.86. The van der Waals surface area contributed by atoms with Gasteiger partial charge < -0.3 is 14.4 Å². The molecule has 0 aromatic heterocycles. The lowest BCUT2D eigenvalue weighted by Crippen LogP contribution is -2.52. The third-order valence-electron chi connectivity index (χ3n) is 5.07. The maximum atomic E-state index is 12.3. The van der Waals surface area contributed by atoms with E-state index in [1.165, 1.54) is 29.2 Å². The van der Waals surface area contributed by atoms with Gasteiger partial charge in [0.15, 0.2) is 0 Å². The molecule has 0 radical (unpaired) electrons. The van der Waals surface area contributed by atoms with Gasteiger partial charge in [0, 0.05) is 31.8 Å². The number of benzene rings is 2. The van der Waals surface area contributed by atoms with Crippen molar-refractivity contribution in [3.05, 3.63) is 59.7 Å². The number of hydrogen-bond acceptors (Lipinski definition) is 4. The second kappa shape index (κ2) is 6.83. The van der Waals surface area contributed by atoms with Crippen molar-refractivity contribution in [1.29, 1.82) is 0 Å². The molecule has 1 aliphatic heterocycles. The number of esters is 1. The standard InChI is InChI=1S/C21H21NO4/c1-14(23)25-12-15-10-22(11-15)21(24)26-13-20-18-8-4-2-6-16(18)17-7-3-5-9-19(17)20/h2-9,15,20H,10-13H2,1H3. The predicted molar refractivity (Wildman–Crippen MR) is 96.8 cm³/mol. The number of carbonyl (C=O) groups excluding carboxylic acids is 2. The molecule has 0 atom stereocenters. The van der Waals surface area contributed by atoms with E-state index < -0.39 is 0 Å². The molecule has 1 amide bonds. The summed E-state index contributed by atoms with van der Waals surface area (Å²) < 4.78 is 10.6. The number of likely N-dealkylation sites (tertiary alicyclic amines) is 1. The van der Waals surface area contributed by atoms with E-state index in [9.17, 15) is 9.59 Å². The Kier molecular flexibility index (Phi) is 4.37. The highest BCUT2D eigenvalue weighted by Crippen LogP contribution is 2.44. The molecule has 0 unspecified atom stereocenters. The highest BCUT2D eigenvalue weighted by atomic mass is 16.6. The van der Waals surface area contributed by atoms with Crippen molar-refractivity contribution in [2.24, 2.45) is 5.92 Å². The SMILES string of the molecule is CC(=O)OCC1CN(C(=O)OCC2c3ccccc3-c3ccccc32)C1. The molecule has 26 heavy (non-hydrogen) atoms. The van der Waals surface area contributed by atoms with E-state index in [-0.39, 0.29) is 23.9 Å². The van der Waals surface area contributed by atoms with E-state index in [4.69, 9.17) is 9.47 Å². The molecule has 5 heteroatoms. The summed E-state index contributed by atoms with van der Waals surface area (Å²) in [6.45, 7) is 3.23. The minimum absolute atomic E-state index is 0.0736. The molecular weight excluding hydrogens is 330 g/mol. The largest absolute Gasteiger partial charge is 0.465 e. The molecule has 4 rings (SSSR count). The predicted octanol–water partition coefficient (Wildman–Crippen LogP) is 3.43. The first-order chi connectivity index (χ1) is 12.6. The number of fused-ring (bicyclic) bond motifs is 3. The van der Waals surface area contributed by atoms with Crippen LogP contribution in [0.4, 0.5) is 4.79 Å². The molecule has 0 N–H and O–H groups in total. The van der Waals surface area contributed by atoms with Gasteiger partial charge in [-0.1, -0.05) is 48.5 Å².